The summed E-state index contributed by atoms with van der Waals surface area (Å²) in [6.07, 6.45) is 1.79. The molecule has 0 amide bonds. The van der Waals surface area contributed by atoms with Crippen molar-refractivity contribution in [3.05, 3.63) is 45.5 Å². The number of ether oxygens (including phenoxy) is 1. The molecule has 1 aromatic heterocycles. The van der Waals surface area contributed by atoms with E-state index in [4.69, 9.17) is 4.74 Å². The predicted octanol–water partition coefficient (Wildman–Crippen LogP) is 2.07. The van der Waals surface area contributed by atoms with Crippen LogP contribution in [0.4, 0.5) is 11.4 Å². The summed E-state index contributed by atoms with van der Waals surface area (Å²) in [7, 11) is 1.63. The van der Waals surface area contributed by atoms with Crippen molar-refractivity contribution in [1.82, 2.24) is 14.8 Å². The third-order valence-electron chi connectivity index (χ3n) is 3.94. The zero-order valence-electron chi connectivity index (χ0n) is 13.2. The van der Waals surface area contributed by atoms with Gasteiger partial charge in [0.1, 0.15) is 12.4 Å². The van der Waals surface area contributed by atoms with Crippen LogP contribution in [0.25, 0.3) is 0 Å². The first kappa shape index (κ1) is 15.4. The molecule has 8 nitrogen and oxygen atoms in total. The van der Waals surface area contributed by atoms with Gasteiger partial charge in [0.2, 0.25) is 0 Å². The number of nitrogens with one attached hydrogen (secondary N) is 1. The fourth-order valence-electron chi connectivity index (χ4n) is 2.85. The molecule has 0 bridgehead atoms. The van der Waals surface area contributed by atoms with E-state index in [-0.39, 0.29) is 16.7 Å². The Hall–Kier alpha value is -2.48. The van der Waals surface area contributed by atoms with Crippen LogP contribution in [0.3, 0.4) is 0 Å². The Morgan fingerprint density at radius 1 is 1.52 bits per heavy atom. The number of aryl methyl sites for hydroxylation is 2. The number of benzene rings is 1. The first-order valence-corrected chi connectivity index (χ1v) is 7.50. The van der Waals surface area contributed by atoms with E-state index in [1.807, 2.05) is 10.7 Å². The molecule has 0 unspecified atom stereocenters. The first-order valence-electron chi connectivity index (χ1n) is 7.50. The lowest BCUT2D eigenvalue weighted by molar-refractivity contribution is -0.385. The highest BCUT2D eigenvalue weighted by atomic mass is 16.6. The van der Waals surface area contributed by atoms with E-state index in [1.54, 1.807) is 20.1 Å². The van der Waals surface area contributed by atoms with Gasteiger partial charge in [-0.2, -0.15) is 5.10 Å². The van der Waals surface area contributed by atoms with Crippen LogP contribution >= 0.6 is 0 Å². The zero-order valence-corrected chi connectivity index (χ0v) is 13.2. The number of rotatable bonds is 5. The first-order chi connectivity index (χ1) is 11.1. The van der Waals surface area contributed by atoms with Gasteiger partial charge in [0.25, 0.3) is 5.69 Å². The molecule has 1 aliphatic heterocycles. The molecule has 0 fully saturated rings. The number of nitro benzene ring substituents is 1. The van der Waals surface area contributed by atoms with Gasteiger partial charge in [-0.05, 0) is 25.5 Å². The Kier molecular flexibility index (Phi) is 4.24. The van der Waals surface area contributed by atoms with Crippen molar-refractivity contribution < 1.29 is 9.66 Å². The highest BCUT2D eigenvalue weighted by Crippen LogP contribution is 2.24. The van der Waals surface area contributed by atoms with Gasteiger partial charge in [-0.15, -0.1) is 0 Å². The van der Waals surface area contributed by atoms with Crippen LogP contribution in [0.5, 0.6) is 0 Å². The quantitative estimate of drug-likeness (QED) is 0.670. The number of fused-ring (bicyclic) bond motifs is 1. The largest absolute Gasteiger partial charge is 0.380 e. The number of hydrogen-bond acceptors (Lipinski definition) is 6. The molecule has 1 atom stereocenters. The molecule has 2 aromatic rings. The van der Waals surface area contributed by atoms with Crippen molar-refractivity contribution in [2.75, 3.05) is 12.4 Å². The number of nitro groups is 1. The monoisotopic (exact) mass is 317 g/mol. The second kappa shape index (κ2) is 6.33. The molecule has 8 heteroatoms. The predicted molar refractivity (Wildman–Crippen MR) is 84.3 cm³/mol. The van der Waals surface area contributed by atoms with Gasteiger partial charge in [-0.25, -0.2) is 9.67 Å². The summed E-state index contributed by atoms with van der Waals surface area (Å²) < 4.78 is 6.97. The standard InChI is InChI=1S/C15H19N5O3/c1-10-7-11(3-5-13(10)20(21)22)16-12-4-6-15-17-14(9-23-2)18-19(15)8-12/h3,5,7,12,16H,4,6,8-9H2,1-2H3/t12-/m0/s1. The van der Waals surface area contributed by atoms with E-state index in [0.29, 0.717) is 18.0 Å². The molecule has 2 heterocycles. The van der Waals surface area contributed by atoms with E-state index >= 15 is 0 Å². The van der Waals surface area contributed by atoms with Crippen LogP contribution < -0.4 is 5.32 Å². The fourth-order valence-corrected chi connectivity index (χ4v) is 2.85. The Labute approximate surface area is 133 Å². The molecule has 0 saturated heterocycles. The van der Waals surface area contributed by atoms with E-state index in [9.17, 15) is 10.1 Å². The summed E-state index contributed by atoms with van der Waals surface area (Å²) in [4.78, 5) is 15.0. The molecule has 1 aliphatic rings. The van der Waals surface area contributed by atoms with Gasteiger partial charge in [0.15, 0.2) is 5.82 Å². The van der Waals surface area contributed by atoms with Gasteiger partial charge in [0.05, 0.1) is 11.5 Å². The molecule has 0 radical (unpaired) electrons. The number of methoxy groups -OCH3 is 1. The van der Waals surface area contributed by atoms with Crippen molar-refractivity contribution in [3.63, 3.8) is 0 Å². The maximum absolute atomic E-state index is 10.9. The second-order valence-electron chi connectivity index (χ2n) is 5.70. The smallest absolute Gasteiger partial charge is 0.272 e. The molecule has 0 aliphatic carbocycles. The third-order valence-corrected chi connectivity index (χ3v) is 3.94. The van der Waals surface area contributed by atoms with Crippen LogP contribution in [0.2, 0.25) is 0 Å². The summed E-state index contributed by atoms with van der Waals surface area (Å²) in [6, 6.07) is 5.32. The Morgan fingerprint density at radius 3 is 3.04 bits per heavy atom. The van der Waals surface area contributed by atoms with Crippen molar-refractivity contribution in [1.29, 1.82) is 0 Å². The van der Waals surface area contributed by atoms with Gasteiger partial charge in [-0.1, -0.05) is 0 Å². The van der Waals surface area contributed by atoms with Gasteiger partial charge < -0.3 is 10.1 Å². The van der Waals surface area contributed by atoms with E-state index in [2.05, 4.69) is 15.4 Å². The zero-order chi connectivity index (χ0) is 16.4. The maximum atomic E-state index is 10.9. The Balaban J connectivity index is 1.69. The minimum absolute atomic E-state index is 0.141. The number of aromatic nitrogens is 3. The summed E-state index contributed by atoms with van der Waals surface area (Å²) in [6.45, 7) is 2.89. The summed E-state index contributed by atoms with van der Waals surface area (Å²) in [5.74, 6) is 1.68. The highest BCUT2D eigenvalue weighted by molar-refractivity contribution is 5.54. The SMILES string of the molecule is COCc1nc2n(n1)C[C@@H](Nc1ccc([N+](=O)[O-])c(C)c1)CC2. The lowest BCUT2D eigenvalue weighted by Gasteiger charge is -2.24. The van der Waals surface area contributed by atoms with Crippen LogP contribution in [0, 0.1) is 17.0 Å². The maximum Gasteiger partial charge on any atom is 0.272 e. The Morgan fingerprint density at radius 2 is 2.35 bits per heavy atom. The van der Waals surface area contributed by atoms with Gasteiger partial charge >= 0.3 is 0 Å². The molecule has 23 heavy (non-hydrogen) atoms. The highest BCUT2D eigenvalue weighted by Gasteiger charge is 2.22. The van der Waals surface area contributed by atoms with Crippen LogP contribution in [-0.2, 0) is 24.3 Å². The lowest BCUT2D eigenvalue weighted by atomic mass is 10.1. The minimum atomic E-state index is -0.362. The van der Waals surface area contributed by atoms with Crippen molar-refractivity contribution in [2.24, 2.45) is 0 Å². The molecule has 122 valence electrons. The molecule has 1 N–H and O–H groups in total. The van der Waals surface area contributed by atoms with Crippen molar-refractivity contribution in [3.8, 4) is 0 Å². The van der Waals surface area contributed by atoms with Gasteiger partial charge in [0, 0.05) is 36.9 Å². The summed E-state index contributed by atoms with van der Waals surface area (Å²) >= 11 is 0. The Bertz CT molecular complexity index is 728. The van der Waals surface area contributed by atoms with Crippen LogP contribution in [0.15, 0.2) is 18.2 Å². The third kappa shape index (κ3) is 3.31. The molecular weight excluding hydrogens is 298 g/mol. The van der Waals surface area contributed by atoms with Crippen molar-refractivity contribution >= 4 is 11.4 Å². The number of nitrogens with zero attached hydrogens (tertiary/aromatic N) is 4. The normalized spacial score (nSPS) is 16.9. The number of anilines is 1. The fraction of sp³-hybridized carbons (Fsp3) is 0.467. The molecule has 0 spiro atoms. The second-order valence-corrected chi connectivity index (χ2v) is 5.70. The summed E-state index contributed by atoms with van der Waals surface area (Å²) in [5.41, 5.74) is 1.68. The summed E-state index contributed by atoms with van der Waals surface area (Å²) in [5, 5.41) is 18.7. The van der Waals surface area contributed by atoms with Gasteiger partial charge in [-0.3, -0.25) is 10.1 Å². The molecule has 0 saturated carbocycles. The molecule has 1 aromatic carbocycles. The van der Waals surface area contributed by atoms with Crippen LogP contribution in [0.1, 0.15) is 23.6 Å². The van der Waals surface area contributed by atoms with E-state index in [1.165, 1.54) is 6.07 Å². The number of hydrogen-bond donors (Lipinski definition) is 1. The van der Waals surface area contributed by atoms with Crippen LogP contribution in [-0.4, -0.2) is 32.8 Å². The topological polar surface area (TPSA) is 95.1 Å². The minimum Gasteiger partial charge on any atom is -0.380 e. The van der Waals surface area contributed by atoms with E-state index < -0.39 is 0 Å². The lowest BCUT2D eigenvalue weighted by Crippen LogP contribution is -2.32. The average Bonchev–Trinajstić information content (AvgIpc) is 2.89. The van der Waals surface area contributed by atoms with E-state index in [0.717, 1.165) is 30.9 Å². The van der Waals surface area contributed by atoms with Crippen molar-refractivity contribution in [2.45, 2.75) is 39.0 Å². The average molecular weight is 317 g/mol. The molecule has 3 rings (SSSR count). The molecular formula is C15H19N5O3.